The fourth-order valence-electron chi connectivity index (χ4n) is 3.23. The van der Waals surface area contributed by atoms with Crippen molar-refractivity contribution in [2.45, 2.75) is 71.5 Å². The summed E-state index contributed by atoms with van der Waals surface area (Å²) >= 11 is 0. The van der Waals surface area contributed by atoms with Gasteiger partial charge in [-0.3, -0.25) is 4.90 Å². The van der Waals surface area contributed by atoms with Crippen molar-refractivity contribution < 1.29 is 0 Å². The van der Waals surface area contributed by atoms with Crippen molar-refractivity contribution >= 4 is 0 Å². The second-order valence-electron chi connectivity index (χ2n) is 6.71. The predicted molar refractivity (Wildman–Crippen MR) is 74.2 cm³/mol. The predicted octanol–water partition coefficient (Wildman–Crippen LogP) is 2.88. The molecule has 2 nitrogen and oxygen atoms in total. The zero-order chi connectivity index (χ0) is 12.4. The summed E-state index contributed by atoms with van der Waals surface area (Å²) in [7, 11) is 0. The molecule has 0 amide bonds. The summed E-state index contributed by atoms with van der Waals surface area (Å²) in [6.45, 7) is 12.1. The maximum Gasteiger partial charge on any atom is 0.0246 e. The van der Waals surface area contributed by atoms with Crippen LogP contribution in [0.1, 0.15) is 53.4 Å². The maximum absolute atomic E-state index is 3.73. The van der Waals surface area contributed by atoms with E-state index in [-0.39, 0.29) is 0 Å². The molecule has 3 unspecified atom stereocenters. The Bertz CT molecular complexity index is 235. The molecule has 1 aliphatic carbocycles. The van der Waals surface area contributed by atoms with Crippen molar-refractivity contribution in [1.29, 1.82) is 0 Å². The first-order chi connectivity index (χ1) is 8.08. The van der Waals surface area contributed by atoms with Gasteiger partial charge in [0.25, 0.3) is 0 Å². The molecule has 2 fully saturated rings. The van der Waals surface area contributed by atoms with Gasteiger partial charge < -0.3 is 5.32 Å². The first kappa shape index (κ1) is 13.4. The molecule has 2 heteroatoms. The van der Waals surface area contributed by atoms with Crippen LogP contribution in [0.5, 0.6) is 0 Å². The fraction of sp³-hybridized carbons (Fsp3) is 1.00. The number of hydrogen-bond acceptors (Lipinski definition) is 2. The molecule has 1 N–H and O–H groups in total. The molecule has 17 heavy (non-hydrogen) atoms. The normalized spacial score (nSPS) is 33.0. The van der Waals surface area contributed by atoms with E-state index in [1.54, 1.807) is 0 Å². The third-order valence-corrected chi connectivity index (χ3v) is 4.58. The lowest BCUT2D eigenvalue weighted by Crippen LogP contribution is -2.52. The number of nitrogens with zero attached hydrogens (tertiary/aromatic N) is 1. The van der Waals surface area contributed by atoms with Gasteiger partial charge in [0.15, 0.2) is 0 Å². The van der Waals surface area contributed by atoms with E-state index >= 15 is 0 Å². The number of piperidine rings is 1. The summed E-state index contributed by atoms with van der Waals surface area (Å²) in [6.07, 6.45) is 5.57. The Hall–Kier alpha value is -0.0800. The minimum atomic E-state index is 0.734. The van der Waals surface area contributed by atoms with E-state index < -0.39 is 0 Å². The highest BCUT2D eigenvalue weighted by atomic mass is 15.2. The summed E-state index contributed by atoms with van der Waals surface area (Å²) in [5, 5.41) is 3.73. The number of nitrogens with one attached hydrogen (secondary N) is 1. The number of rotatable bonds is 5. The molecule has 2 rings (SSSR count). The second-order valence-corrected chi connectivity index (χ2v) is 6.71. The molecule has 0 radical (unpaired) electrons. The van der Waals surface area contributed by atoms with Gasteiger partial charge in [0, 0.05) is 24.7 Å². The lowest BCUT2D eigenvalue weighted by molar-refractivity contribution is 0.0586. The summed E-state index contributed by atoms with van der Waals surface area (Å²) < 4.78 is 0. The molecule has 1 heterocycles. The lowest BCUT2D eigenvalue weighted by atomic mass is 9.89. The largest absolute Gasteiger partial charge is 0.312 e. The van der Waals surface area contributed by atoms with Gasteiger partial charge in [0.05, 0.1) is 0 Å². The first-order valence-electron chi connectivity index (χ1n) is 7.57. The van der Waals surface area contributed by atoms with Gasteiger partial charge in [0.2, 0.25) is 0 Å². The van der Waals surface area contributed by atoms with Crippen LogP contribution in [-0.4, -0.2) is 36.1 Å². The van der Waals surface area contributed by atoms with Crippen molar-refractivity contribution in [3.05, 3.63) is 0 Å². The Balaban J connectivity index is 1.89. The second kappa shape index (κ2) is 5.71. The van der Waals surface area contributed by atoms with Crippen LogP contribution < -0.4 is 5.32 Å². The van der Waals surface area contributed by atoms with Gasteiger partial charge in [-0.25, -0.2) is 0 Å². The van der Waals surface area contributed by atoms with Crippen LogP contribution in [0.15, 0.2) is 0 Å². The topological polar surface area (TPSA) is 15.3 Å². The van der Waals surface area contributed by atoms with Crippen molar-refractivity contribution in [2.24, 2.45) is 11.8 Å². The summed E-state index contributed by atoms with van der Waals surface area (Å²) in [4.78, 5) is 2.76. The van der Waals surface area contributed by atoms with Crippen LogP contribution in [-0.2, 0) is 0 Å². The van der Waals surface area contributed by atoms with Gasteiger partial charge in [-0.15, -0.1) is 0 Å². The van der Waals surface area contributed by atoms with Gasteiger partial charge in [-0.05, 0) is 51.0 Å². The average molecular weight is 238 g/mol. The highest BCUT2D eigenvalue weighted by Gasteiger charge is 2.31. The molecular weight excluding hydrogens is 208 g/mol. The van der Waals surface area contributed by atoms with Gasteiger partial charge in [0.1, 0.15) is 0 Å². The van der Waals surface area contributed by atoms with E-state index in [2.05, 4.69) is 37.9 Å². The Labute approximate surface area is 107 Å². The Morgan fingerprint density at radius 2 is 1.88 bits per heavy atom. The van der Waals surface area contributed by atoms with Crippen molar-refractivity contribution in [1.82, 2.24) is 10.2 Å². The molecule has 3 atom stereocenters. The standard InChI is InChI=1S/C15H30N2/c1-11(2)15(10-16-14-5-6-14)17-8-7-12(3)9-13(17)4/h11-16H,5-10H2,1-4H3. The van der Waals surface area contributed by atoms with E-state index in [1.165, 1.54) is 38.8 Å². The molecule has 1 aliphatic heterocycles. The van der Waals surface area contributed by atoms with E-state index in [4.69, 9.17) is 0 Å². The Morgan fingerprint density at radius 3 is 2.41 bits per heavy atom. The van der Waals surface area contributed by atoms with Crippen molar-refractivity contribution in [3.63, 3.8) is 0 Å². The number of likely N-dealkylation sites (tertiary alicyclic amines) is 1. The monoisotopic (exact) mass is 238 g/mol. The quantitative estimate of drug-likeness (QED) is 0.792. The first-order valence-corrected chi connectivity index (χ1v) is 7.57. The average Bonchev–Trinajstić information content (AvgIpc) is 3.04. The Kier molecular flexibility index (Phi) is 4.48. The van der Waals surface area contributed by atoms with Crippen LogP contribution in [0, 0.1) is 11.8 Å². The maximum atomic E-state index is 3.73. The van der Waals surface area contributed by atoms with Crippen LogP contribution in [0.4, 0.5) is 0 Å². The minimum Gasteiger partial charge on any atom is -0.312 e. The molecule has 0 bridgehead atoms. The third kappa shape index (κ3) is 3.69. The lowest BCUT2D eigenvalue weighted by Gasteiger charge is -2.43. The van der Waals surface area contributed by atoms with Crippen molar-refractivity contribution in [2.75, 3.05) is 13.1 Å². The molecule has 1 saturated carbocycles. The van der Waals surface area contributed by atoms with Gasteiger partial charge in [-0.2, -0.15) is 0 Å². The van der Waals surface area contributed by atoms with E-state index in [9.17, 15) is 0 Å². The highest BCUT2D eigenvalue weighted by molar-refractivity contribution is 4.89. The molecule has 0 aromatic carbocycles. The van der Waals surface area contributed by atoms with Gasteiger partial charge >= 0.3 is 0 Å². The zero-order valence-electron chi connectivity index (χ0n) is 12.1. The van der Waals surface area contributed by atoms with Crippen LogP contribution >= 0.6 is 0 Å². The third-order valence-electron chi connectivity index (χ3n) is 4.58. The molecular formula is C15H30N2. The van der Waals surface area contributed by atoms with E-state index in [0.717, 1.165) is 30.0 Å². The molecule has 100 valence electrons. The fourth-order valence-corrected chi connectivity index (χ4v) is 3.23. The molecule has 0 aromatic rings. The minimum absolute atomic E-state index is 0.734. The van der Waals surface area contributed by atoms with Crippen LogP contribution in [0.25, 0.3) is 0 Å². The van der Waals surface area contributed by atoms with E-state index in [0.29, 0.717) is 0 Å². The molecule has 2 aliphatic rings. The molecule has 1 saturated heterocycles. The Morgan fingerprint density at radius 1 is 1.18 bits per heavy atom. The smallest absolute Gasteiger partial charge is 0.0246 e. The highest BCUT2D eigenvalue weighted by Crippen LogP contribution is 2.27. The van der Waals surface area contributed by atoms with Gasteiger partial charge in [-0.1, -0.05) is 20.8 Å². The SMILES string of the molecule is CC1CCN(C(CNC2CC2)C(C)C)C(C)C1. The summed E-state index contributed by atoms with van der Waals surface area (Å²) in [5.41, 5.74) is 0. The summed E-state index contributed by atoms with van der Waals surface area (Å²) in [5.74, 6) is 1.68. The zero-order valence-corrected chi connectivity index (χ0v) is 12.1. The molecule has 0 spiro atoms. The molecule has 0 aromatic heterocycles. The van der Waals surface area contributed by atoms with Crippen LogP contribution in [0.2, 0.25) is 0 Å². The van der Waals surface area contributed by atoms with Crippen LogP contribution in [0.3, 0.4) is 0 Å². The number of hydrogen-bond donors (Lipinski definition) is 1. The van der Waals surface area contributed by atoms with E-state index in [1.807, 2.05) is 0 Å². The summed E-state index contributed by atoms with van der Waals surface area (Å²) in [6, 6.07) is 2.35. The van der Waals surface area contributed by atoms with Crippen molar-refractivity contribution in [3.8, 4) is 0 Å².